The number of rotatable bonds is 10. The molecule has 0 aliphatic rings. The molecule has 0 aliphatic carbocycles. The van der Waals surface area contributed by atoms with Crippen LogP contribution in [0.2, 0.25) is 0 Å². The van der Waals surface area contributed by atoms with Crippen molar-refractivity contribution < 1.29 is 33.5 Å². The Hall–Kier alpha value is -3.74. The molecule has 0 bridgehead atoms. The van der Waals surface area contributed by atoms with Crippen LogP contribution in [0.4, 0.5) is 0 Å². The second-order valence-electron chi connectivity index (χ2n) is 9.77. The first kappa shape index (κ1) is 27.8. The molecule has 7 heteroatoms. The van der Waals surface area contributed by atoms with Crippen molar-refractivity contribution in [3.05, 3.63) is 64.2 Å². The van der Waals surface area contributed by atoms with E-state index in [1.165, 1.54) is 0 Å². The Kier molecular flexibility index (Phi) is 8.69. The van der Waals surface area contributed by atoms with Gasteiger partial charge in [0.2, 0.25) is 0 Å². The van der Waals surface area contributed by atoms with Crippen molar-refractivity contribution >= 4 is 0 Å². The highest BCUT2D eigenvalue weighted by Gasteiger charge is 2.23. The molecule has 37 heavy (non-hydrogen) atoms. The maximum atomic E-state index is 11.5. The summed E-state index contributed by atoms with van der Waals surface area (Å²) in [6.07, 6.45) is 0.798. The Morgan fingerprint density at radius 1 is 0.541 bits per heavy atom. The van der Waals surface area contributed by atoms with Gasteiger partial charge < -0.3 is 33.5 Å². The average molecular weight is 511 g/mol. The van der Waals surface area contributed by atoms with Crippen LogP contribution < -0.4 is 28.4 Å². The molecule has 0 amide bonds. The molecule has 0 unspecified atom stereocenters. The van der Waals surface area contributed by atoms with Crippen molar-refractivity contribution in [2.24, 2.45) is 0 Å². The Morgan fingerprint density at radius 3 is 1.11 bits per heavy atom. The molecule has 0 saturated heterocycles. The van der Waals surface area contributed by atoms with Crippen LogP contribution in [0.3, 0.4) is 0 Å². The number of ether oxygens (including phenoxy) is 6. The van der Waals surface area contributed by atoms with Gasteiger partial charge in [-0.2, -0.15) is 0 Å². The van der Waals surface area contributed by atoms with Crippen LogP contribution in [0.25, 0.3) is 0 Å². The largest absolute Gasteiger partial charge is 0.507 e. The molecule has 0 fully saturated rings. The van der Waals surface area contributed by atoms with Crippen molar-refractivity contribution in [3.8, 4) is 40.2 Å². The fourth-order valence-electron chi connectivity index (χ4n) is 4.35. The predicted octanol–water partition coefficient (Wildman–Crippen LogP) is 5.92. The van der Waals surface area contributed by atoms with Gasteiger partial charge in [-0.05, 0) is 22.1 Å². The third kappa shape index (κ3) is 5.98. The van der Waals surface area contributed by atoms with Crippen LogP contribution in [-0.4, -0.2) is 47.8 Å². The molecule has 200 valence electrons. The fourth-order valence-corrected chi connectivity index (χ4v) is 4.35. The van der Waals surface area contributed by atoms with Crippen molar-refractivity contribution in [3.63, 3.8) is 0 Å². The molecular formula is C30H38O7. The van der Waals surface area contributed by atoms with E-state index >= 15 is 0 Å². The number of phenols is 1. The lowest BCUT2D eigenvalue weighted by Gasteiger charge is -2.24. The minimum atomic E-state index is -0.153. The van der Waals surface area contributed by atoms with Crippen LogP contribution in [-0.2, 0) is 18.3 Å². The Balaban J connectivity index is 2.19. The number of benzene rings is 3. The predicted molar refractivity (Wildman–Crippen MR) is 145 cm³/mol. The molecular weight excluding hydrogens is 472 g/mol. The highest BCUT2D eigenvalue weighted by molar-refractivity contribution is 5.58. The minimum absolute atomic E-state index is 0.153. The molecule has 3 aromatic rings. The summed E-state index contributed by atoms with van der Waals surface area (Å²) in [5.74, 6) is 3.95. The number of phenolic OH excluding ortho intramolecular Hbond substituents is 1. The fraction of sp³-hybridized carbons (Fsp3) is 0.400. The van der Waals surface area contributed by atoms with Gasteiger partial charge in [-0.15, -0.1) is 0 Å². The van der Waals surface area contributed by atoms with E-state index in [0.29, 0.717) is 47.3 Å². The molecule has 0 aromatic heterocycles. The Labute approximate surface area is 219 Å². The smallest absolute Gasteiger partial charge is 0.129 e. The van der Waals surface area contributed by atoms with E-state index in [2.05, 4.69) is 20.8 Å². The van der Waals surface area contributed by atoms with Gasteiger partial charge in [0, 0.05) is 48.2 Å². The summed E-state index contributed by atoms with van der Waals surface area (Å²) in [6.45, 7) is 6.45. The van der Waals surface area contributed by atoms with Crippen molar-refractivity contribution in [1.82, 2.24) is 0 Å². The summed E-state index contributed by atoms with van der Waals surface area (Å²) in [6, 6.07) is 11.4. The molecule has 0 radical (unpaired) electrons. The van der Waals surface area contributed by atoms with Gasteiger partial charge in [0.05, 0.1) is 42.7 Å². The van der Waals surface area contributed by atoms with E-state index in [1.54, 1.807) is 42.7 Å². The van der Waals surface area contributed by atoms with Gasteiger partial charge >= 0.3 is 0 Å². The number of methoxy groups -OCH3 is 6. The van der Waals surface area contributed by atoms with Gasteiger partial charge in [0.15, 0.2) is 0 Å². The van der Waals surface area contributed by atoms with Crippen LogP contribution in [0.5, 0.6) is 40.2 Å². The highest BCUT2D eigenvalue weighted by Crippen LogP contribution is 2.42. The summed E-state index contributed by atoms with van der Waals surface area (Å²) < 4.78 is 33.4. The number of hydrogen-bond acceptors (Lipinski definition) is 7. The first-order chi connectivity index (χ1) is 17.6. The quantitative estimate of drug-likeness (QED) is 0.363. The lowest BCUT2D eigenvalue weighted by atomic mass is 9.83. The zero-order valence-electron chi connectivity index (χ0n) is 23.3. The maximum absolute atomic E-state index is 11.5. The van der Waals surface area contributed by atoms with E-state index in [0.717, 1.165) is 27.8 Å². The zero-order chi connectivity index (χ0) is 27.3. The van der Waals surface area contributed by atoms with Crippen LogP contribution in [0, 0.1) is 0 Å². The molecule has 0 aliphatic heterocycles. The maximum Gasteiger partial charge on any atom is 0.129 e. The lowest BCUT2D eigenvalue weighted by Crippen LogP contribution is -2.13. The molecule has 1 N–H and O–H groups in total. The molecule has 0 heterocycles. The Bertz CT molecular complexity index is 1100. The second-order valence-corrected chi connectivity index (χ2v) is 9.77. The molecule has 7 nitrogen and oxygen atoms in total. The second kappa shape index (κ2) is 11.5. The summed E-state index contributed by atoms with van der Waals surface area (Å²) in [4.78, 5) is 0. The Morgan fingerprint density at radius 2 is 0.865 bits per heavy atom. The van der Waals surface area contributed by atoms with E-state index < -0.39 is 0 Å². The third-order valence-electron chi connectivity index (χ3n) is 6.50. The summed E-state index contributed by atoms with van der Waals surface area (Å²) in [5, 5.41) is 11.5. The minimum Gasteiger partial charge on any atom is -0.507 e. The topological polar surface area (TPSA) is 75.6 Å². The van der Waals surface area contributed by atoms with Crippen LogP contribution >= 0.6 is 0 Å². The molecule has 3 rings (SSSR count). The summed E-state index contributed by atoms with van der Waals surface area (Å²) >= 11 is 0. The van der Waals surface area contributed by atoms with E-state index in [1.807, 2.05) is 36.4 Å². The first-order valence-corrected chi connectivity index (χ1v) is 12.0. The molecule has 0 saturated carbocycles. The SMILES string of the molecule is COc1cc(OC)c(Cc2cc(C(C)(C)C)cc(Cc3c(OC)cc(OC)cc3OC)c2O)c(OC)c1. The van der Waals surface area contributed by atoms with Gasteiger partial charge in [0.25, 0.3) is 0 Å². The first-order valence-electron chi connectivity index (χ1n) is 12.0. The van der Waals surface area contributed by atoms with Crippen LogP contribution in [0.1, 0.15) is 48.6 Å². The number of hydrogen-bond donors (Lipinski definition) is 1. The average Bonchev–Trinajstić information content (AvgIpc) is 2.89. The van der Waals surface area contributed by atoms with Gasteiger partial charge in [0.1, 0.15) is 40.2 Å². The summed E-state index contributed by atoms with van der Waals surface area (Å²) in [5.41, 5.74) is 4.09. The van der Waals surface area contributed by atoms with Gasteiger partial charge in [-0.3, -0.25) is 0 Å². The van der Waals surface area contributed by atoms with Crippen LogP contribution in [0.15, 0.2) is 36.4 Å². The normalized spacial score (nSPS) is 11.2. The summed E-state index contributed by atoms with van der Waals surface area (Å²) in [7, 11) is 9.63. The lowest BCUT2D eigenvalue weighted by molar-refractivity contribution is 0.369. The zero-order valence-corrected chi connectivity index (χ0v) is 23.3. The third-order valence-corrected chi connectivity index (χ3v) is 6.50. The van der Waals surface area contributed by atoms with Gasteiger partial charge in [-0.1, -0.05) is 32.9 Å². The van der Waals surface area contributed by atoms with E-state index in [-0.39, 0.29) is 11.2 Å². The highest BCUT2D eigenvalue weighted by atomic mass is 16.5. The van der Waals surface area contributed by atoms with Gasteiger partial charge in [-0.25, -0.2) is 0 Å². The number of aromatic hydroxyl groups is 1. The van der Waals surface area contributed by atoms with Crippen molar-refractivity contribution in [2.45, 2.75) is 39.0 Å². The van der Waals surface area contributed by atoms with Crippen molar-refractivity contribution in [2.75, 3.05) is 42.7 Å². The standard InChI is InChI=1S/C30H38O7/c1-30(2,3)20-10-18(12-23-25(34-6)14-21(32-4)15-26(23)35-7)29(31)19(11-20)13-24-27(36-8)16-22(33-5)17-28(24)37-9/h10-11,14-17,31H,12-13H2,1-9H3. The molecule has 0 atom stereocenters. The molecule has 0 spiro atoms. The van der Waals surface area contributed by atoms with Crippen molar-refractivity contribution in [1.29, 1.82) is 0 Å². The monoisotopic (exact) mass is 510 g/mol. The molecule has 3 aromatic carbocycles. The van der Waals surface area contributed by atoms with E-state index in [4.69, 9.17) is 28.4 Å². The van der Waals surface area contributed by atoms with E-state index in [9.17, 15) is 5.11 Å².